The highest BCUT2D eigenvalue weighted by molar-refractivity contribution is 5.86. The van der Waals surface area contributed by atoms with Crippen LogP contribution in [0.4, 0.5) is 11.5 Å². The molecule has 2 aliphatic heterocycles. The van der Waals surface area contributed by atoms with Gasteiger partial charge < -0.3 is 19.3 Å². The minimum absolute atomic E-state index is 0.0653. The Morgan fingerprint density at radius 2 is 1.83 bits per heavy atom. The molecular weight excluding hydrogens is 368 g/mol. The zero-order valence-electron chi connectivity index (χ0n) is 16.5. The smallest absolute Gasteiger partial charge is 0.224 e. The van der Waals surface area contributed by atoms with Gasteiger partial charge in [0.05, 0.1) is 29.8 Å². The lowest BCUT2D eigenvalue weighted by Gasteiger charge is -2.37. The van der Waals surface area contributed by atoms with E-state index >= 15 is 0 Å². The predicted octanol–water partition coefficient (Wildman–Crippen LogP) is 2.22. The molecule has 0 aliphatic carbocycles. The summed E-state index contributed by atoms with van der Waals surface area (Å²) in [7, 11) is 0. The second-order valence-corrected chi connectivity index (χ2v) is 7.42. The monoisotopic (exact) mass is 392 g/mol. The number of hydrogen-bond donors (Lipinski definition) is 0. The molecule has 3 aromatic rings. The Bertz CT molecular complexity index is 999. The van der Waals surface area contributed by atoms with Gasteiger partial charge in [0.1, 0.15) is 18.2 Å². The molecule has 29 heavy (non-hydrogen) atoms. The van der Waals surface area contributed by atoms with Crippen LogP contribution in [0.25, 0.3) is 10.9 Å². The largest absolute Gasteiger partial charge is 0.471 e. The number of benzene rings is 1. The van der Waals surface area contributed by atoms with Crippen molar-refractivity contribution in [2.75, 3.05) is 49.2 Å². The van der Waals surface area contributed by atoms with E-state index in [4.69, 9.17) is 9.47 Å². The molecule has 1 atom stereocenters. The van der Waals surface area contributed by atoms with Gasteiger partial charge in [0.25, 0.3) is 0 Å². The topological polar surface area (TPSA) is 76.5 Å². The van der Waals surface area contributed by atoms with Crippen LogP contribution in [0.2, 0.25) is 0 Å². The SMILES string of the molecule is Cc1nccnc1N1CCN(c2ccc3ncnc(OC4CCOC4)c3c2)CC1. The molecule has 8 heteroatoms. The molecule has 5 rings (SSSR count). The Hall–Kier alpha value is -3.00. The van der Waals surface area contributed by atoms with E-state index in [-0.39, 0.29) is 6.10 Å². The standard InChI is InChI=1S/C21H24N6O2/c1-15-20(23-6-5-22-15)27-9-7-26(8-10-27)16-2-3-19-18(12-16)21(25-14-24-19)29-17-4-11-28-13-17/h2-3,5-6,12,14,17H,4,7-11,13H2,1H3. The Morgan fingerprint density at radius 1 is 1.00 bits per heavy atom. The fraction of sp³-hybridized carbons (Fsp3) is 0.429. The molecule has 0 N–H and O–H groups in total. The number of nitrogens with zero attached hydrogens (tertiary/aromatic N) is 6. The van der Waals surface area contributed by atoms with E-state index < -0.39 is 0 Å². The van der Waals surface area contributed by atoms with Crippen LogP contribution in [0.5, 0.6) is 5.88 Å². The maximum atomic E-state index is 6.10. The van der Waals surface area contributed by atoms with Crippen LogP contribution in [0.1, 0.15) is 12.1 Å². The molecule has 0 spiro atoms. The molecule has 2 saturated heterocycles. The Kier molecular flexibility index (Phi) is 4.85. The van der Waals surface area contributed by atoms with Crippen molar-refractivity contribution >= 4 is 22.4 Å². The van der Waals surface area contributed by atoms with Gasteiger partial charge in [-0.3, -0.25) is 4.98 Å². The van der Waals surface area contributed by atoms with Crippen LogP contribution in [0.3, 0.4) is 0 Å². The van der Waals surface area contributed by atoms with Crippen molar-refractivity contribution in [2.24, 2.45) is 0 Å². The van der Waals surface area contributed by atoms with Crippen LogP contribution >= 0.6 is 0 Å². The summed E-state index contributed by atoms with van der Waals surface area (Å²) in [5.74, 6) is 1.62. The summed E-state index contributed by atoms with van der Waals surface area (Å²) in [5.41, 5.74) is 3.03. The van der Waals surface area contributed by atoms with Crippen molar-refractivity contribution in [3.8, 4) is 5.88 Å². The molecule has 150 valence electrons. The minimum atomic E-state index is 0.0653. The Balaban J connectivity index is 1.35. The molecule has 0 saturated carbocycles. The first-order chi connectivity index (χ1) is 14.3. The van der Waals surface area contributed by atoms with Gasteiger partial charge in [-0.2, -0.15) is 0 Å². The first-order valence-corrected chi connectivity index (χ1v) is 10.0. The number of hydrogen-bond acceptors (Lipinski definition) is 8. The van der Waals surface area contributed by atoms with Crippen molar-refractivity contribution < 1.29 is 9.47 Å². The van der Waals surface area contributed by atoms with Crippen molar-refractivity contribution in [2.45, 2.75) is 19.4 Å². The van der Waals surface area contributed by atoms with Crippen molar-refractivity contribution in [1.29, 1.82) is 0 Å². The van der Waals surface area contributed by atoms with E-state index in [1.807, 2.05) is 13.0 Å². The minimum Gasteiger partial charge on any atom is -0.471 e. The van der Waals surface area contributed by atoms with E-state index in [2.05, 4.69) is 41.9 Å². The number of anilines is 2. The van der Waals surface area contributed by atoms with E-state index in [0.717, 1.165) is 67.3 Å². The van der Waals surface area contributed by atoms with Crippen molar-refractivity contribution in [3.05, 3.63) is 42.6 Å². The lowest BCUT2D eigenvalue weighted by Crippen LogP contribution is -2.47. The van der Waals surface area contributed by atoms with Crippen LogP contribution in [0.15, 0.2) is 36.9 Å². The number of ether oxygens (including phenoxy) is 2. The van der Waals surface area contributed by atoms with E-state index in [1.54, 1.807) is 18.7 Å². The van der Waals surface area contributed by atoms with Gasteiger partial charge in [0.15, 0.2) is 0 Å². The lowest BCUT2D eigenvalue weighted by atomic mass is 10.1. The summed E-state index contributed by atoms with van der Waals surface area (Å²) in [4.78, 5) is 22.3. The third kappa shape index (κ3) is 3.67. The molecule has 0 bridgehead atoms. The van der Waals surface area contributed by atoms with Crippen LogP contribution in [-0.4, -0.2) is 65.4 Å². The second-order valence-electron chi connectivity index (χ2n) is 7.42. The summed E-state index contributed by atoms with van der Waals surface area (Å²) in [6, 6.07) is 6.31. The highest BCUT2D eigenvalue weighted by Crippen LogP contribution is 2.29. The molecule has 2 aromatic heterocycles. The molecule has 0 radical (unpaired) electrons. The van der Waals surface area contributed by atoms with Crippen LogP contribution in [-0.2, 0) is 4.74 Å². The zero-order chi connectivity index (χ0) is 19.6. The first kappa shape index (κ1) is 18.1. The van der Waals surface area contributed by atoms with Gasteiger partial charge in [-0.15, -0.1) is 0 Å². The molecule has 2 aliphatic rings. The molecule has 1 unspecified atom stereocenters. The summed E-state index contributed by atoms with van der Waals surface area (Å²) in [6.45, 7) is 7.03. The summed E-state index contributed by atoms with van der Waals surface area (Å²) >= 11 is 0. The van der Waals surface area contributed by atoms with Crippen molar-refractivity contribution in [1.82, 2.24) is 19.9 Å². The van der Waals surface area contributed by atoms with Gasteiger partial charge in [-0.1, -0.05) is 0 Å². The van der Waals surface area contributed by atoms with E-state index in [9.17, 15) is 0 Å². The normalized spacial score (nSPS) is 19.7. The summed E-state index contributed by atoms with van der Waals surface area (Å²) in [6.07, 6.45) is 6.03. The maximum absolute atomic E-state index is 6.10. The third-order valence-electron chi connectivity index (χ3n) is 5.55. The molecule has 2 fully saturated rings. The van der Waals surface area contributed by atoms with Gasteiger partial charge >= 0.3 is 0 Å². The number of aromatic nitrogens is 4. The Morgan fingerprint density at radius 3 is 2.62 bits per heavy atom. The van der Waals surface area contributed by atoms with Gasteiger partial charge in [0, 0.05) is 50.7 Å². The average molecular weight is 392 g/mol. The average Bonchev–Trinajstić information content (AvgIpc) is 3.27. The van der Waals surface area contributed by atoms with Gasteiger partial charge in [-0.25, -0.2) is 15.0 Å². The predicted molar refractivity (Wildman–Crippen MR) is 111 cm³/mol. The fourth-order valence-electron chi connectivity index (χ4n) is 3.96. The van der Waals surface area contributed by atoms with E-state index in [1.165, 1.54) is 0 Å². The Labute approximate surface area is 169 Å². The molecule has 0 amide bonds. The molecule has 4 heterocycles. The lowest BCUT2D eigenvalue weighted by molar-refractivity contribution is 0.139. The zero-order valence-corrected chi connectivity index (χ0v) is 16.5. The first-order valence-electron chi connectivity index (χ1n) is 10.0. The molecule has 1 aromatic carbocycles. The van der Waals surface area contributed by atoms with Crippen molar-refractivity contribution in [3.63, 3.8) is 0 Å². The highest BCUT2D eigenvalue weighted by atomic mass is 16.5. The number of piperazine rings is 1. The van der Waals surface area contributed by atoms with Gasteiger partial charge in [-0.05, 0) is 25.1 Å². The second kappa shape index (κ2) is 7.79. The quantitative estimate of drug-likeness (QED) is 0.669. The van der Waals surface area contributed by atoms with Crippen LogP contribution in [0, 0.1) is 6.92 Å². The number of rotatable bonds is 4. The van der Waals surface area contributed by atoms with Crippen LogP contribution < -0.4 is 14.5 Å². The maximum Gasteiger partial charge on any atom is 0.224 e. The fourth-order valence-corrected chi connectivity index (χ4v) is 3.96. The molecule has 8 nitrogen and oxygen atoms in total. The highest BCUT2D eigenvalue weighted by Gasteiger charge is 2.22. The van der Waals surface area contributed by atoms with Gasteiger partial charge in [0.2, 0.25) is 5.88 Å². The summed E-state index contributed by atoms with van der Waals surface area (Å²) in [5, 5.41) is 0.948. The van der Waals surface area contributed by atoms with E-state index in [0.29, 0.717) is 12.5 Å². The number of aryl methyl sites for hydroxylation is 1. The molecular formula is C21H24N6O2. The third-order valence-corrected chi connectivity index (χ3v) is 5.55. The number of fused-ring (bicyclic) bond motifs is 1. The summed E-state index contributed by atoms with van der Waals surface area (Å²) < 4.78 is 11.5.